The first kappa shape index (κ1) is 12.3. The molecule has 1 N–H and O–H groups in total. The predicted octanol–water partition coefficient (Wildman–Crippen LogP) is 0.892. The molecule has 1 saturated heterocycles. The summed E-state index contributed by atoms with van der Waals surface area (Å²) in [6, 6.07) is 5.81. The molecule has 2 heterocycles. The van der Waals surface area contributed by atoms with E-state index in [4.69, 9.17) is 9.47 Å². The van der Waals surface area contributed by atoms with Crippen molar-refractivity contribution in [3.63, 3.8) is 0 Å². The van der Waals surface area contributed by atoms with E-state index in [-0.39, 0.29) is 5.91 Å². The van der Waals surface area contributed by atoms with Crippen LogP contribution < -0.4 is 14.8 Å². The number of piperazine rings is 1. The summed E-state index contributed by atoms with van der Waals surface area (Å²) in [5.41, 5.74) is 0.603. The number of nitrogens with one attached hydrogen (secondary N) is 1. The van der Waals surface area contributed by atoms with Gasteiger partial charge in [0.15, 0.2) is 11.5 Å². The van der Waals surface area contributed by atoms with Crippen molar-refractivity contribution in [1.82, 2.24) is 10.2 Å². The van der Waals surface area contributed by atoms with E-state index >= 15 is 0 Å². The number of benzene rings is 1. The fraction of sp³-hybridized carbons (Fsp3) is 0.500. The van der Waals surface area contributed by atoms with Gasteiger partial charge in [0.25, 0.3) is 5.91 Å². The molecule has 1 atom stereocenters. The van der Waals surface area contributed by atoms with Gasteiger partial charge < -0.3 is 19.7 Å². The number of fused-ring (bicyclic) bond motifs is 1. The van der Waals surface area contributed by atoms with Crippen molar-refractivity contribution in [2.45, 2.75) is 13.0 Å². The van der Waals surface area contributed by atoms with Crippen LogP contribution in [0.4, 0.5) is 0 Å². The second-order valence-corrected chi connectivity index (χ2v) is 4.94. The second kappa shape index (κ2) is 5.09. The van der Waals surface area contributed by atoms with E-state index in [0.717, 1.165) is 19.6 Å². The first-order chi connectivity index (χ1) is 9.25. The fourth-order valence-electron chi connectivity index (χ4n) is 2.53. The van der Waals surface area contributed by atoms with Gasteiger partial charge in [-0.3, -0.25) is 4.79 Å². The Bertz CT molecular complexity index is 490. The molecule has 5 nitrogen and oxygen atoms in total. The molecule has 1 amide bonds. The van der Waals surface area contributed by atoms with E-state index in [1.54, 1.807) is 0 Å². The van der Waals surface area contributed by atoms with Crippen LogP contribution in [0.2, 0.25) is 0 Å². The lowest BCUT2D eigenvalue weighted by Gasteiger charge is -2.32. The van der Waals surface area contributed by atoms with Gasteiger partial charge in [0.1, 0.15) is 13.2 Å². The number of hydrogen-bond acceptors (Lipinski definition) is 4. The molecule has 2 aliphatic rings. The molecular formula is C14H18N2O3. The summed E-state index contributed by atoms with van der Waals surface area (Å²) < 4.78 is 11.1. The average molecular weight is 262 g/mol. The van der Waals surface area contributed by atoms with Gasteiger partial charge in [-0.2, -0.15) is 0 Å². The van der Waals surface area contributed by atoms with Gasteiger partial charge in [0.2, 0.25) is 0 Å². The summed E-state index contributed by atoms with van der Waals surface area (Å²) in [6.07, 6.45) is 0. The molecular weight excluding hydrogens is 244 g/mol. The third-order valence-electron chi connectivity index (χ3n) is 3.45. The summed E-state index contributed by atoms with van der Waals surface area (Å²) in [5, 5.41) is 3.33. The van der Waals surface area contributed by atoms with Gasteiger partial charge in [-0.25, -0.2) is 0 Å². The summed E-state index contributed by atoms with van der Waals surface area (Å²) >= 11 is 0. The zero-order chi connectivity index (χ0) is 13.2. The molecule has 1 unspecified atom stereocenters. The standard InChI is InChI=1S/C14H18N2O3/c1-10-9-16(6-5-15-10)14(17)11-3-2-4-12-13(11)19-8-7-18-12/h2-4,10,15H,5-9H2,1H3. The number of carbonyl (C=O) groups excluding carboxylic acids is 1. The fourth-order valence-corrected chi connectivity index (χ4v) is 2.53. The van der Waals surface area contributed by atoms with Crippen LogP contribution in [0.1, 0.15) is 17.3 Å². The van der Waals surface area contributed by atoms with Crippen LogP contribution in [0.5, 0.6) is 11.5 Å². The summed E-state index contributed by atoms with van der Waals surface area (Å²) in [6.45, 7) is 5.40. The number of rotatable bonds is 1. The van der Waals surface area contributed by atoms with E-state index in [1.165, 1.54) is 0 Å². The van der Waals surface area contributed by atoms with Crippen LogP contribution in [-0.2, 0) is 0 Å². The quantitative estimate of drug-likeness (QED) is 0.816. The van der Waals surface area contributed by atoms with Gasteiger partial charge >= 0.3 is 0 Å². The van der Waals surface area contributed by atoms with E-state index < -0.39 is 0 Å². The molecule has 5 heteroatoms. The lowest BCUT2D eigenvalue weighted by molar-refractivity contribution is 0.0699. The molecule has 1 aromatic carbocycles. The molecule has 0 saturated carbocycles. The minimum Gasteiger partial charge on any atom is -0.486 e. The first-order valence-electron chi connectivity index (χ1n) is 6.67. The molecule has 0 bridgehead atoms. The zero-order valence-electron chi connectivity index (χ0n) is 11.0. The second-order valence-electron chi connectivity index (χ2n) is 4.94. The topological polar surface area (TPSA) is 50.8 Å². The predicted molar refractivity (Wildman–Crippen MR) is 70.8 cm³/mol. The van der Waals surface area contributed by atoms with Crippen molar-refractivity contribution in [3.8, 4) is 11.5 Å². The van der Waals surface area contributed by atoms with Gasteiger partial charge in [-0.1, -0.05) is 6.07 Å². The zero-order valence-corrected chi connectivity index (χ0v) is 11.0. The summed E-state index contributed by atoms with van der Waals surface area (Å²) in [4.78, 5) is 14.4. The lowest BCUT2D eigenvalue weighted by Crippen LogP contribution is -2.51. The Balaban J connectivity index is 1.87. The van der Waals surface area contributed by atoms with Crippen molar-refractivity contribution in [3.05, 3.63) is 23.8 Å². The van der Waals surface area contributed by atoms with Gasteiger partial charge in [0, 0.05) is 25.7 Å². The number of amides is 1. The third-order valence-corrected chi connectivity index (χ3v) is 3.45. The van der Waals surface area contributed by atoms with Gasteiger partial charge in [-0.05, 0) is 19.1 Å². The highest BCUT2D eigenvalue weighted by Crippen LogP contribution is 2.34. The lowest BCUT2D eigenvalue weighted by atomic mass is 10.1. The van der Waals surface area contributed by atoms with Crippen molar-refractivity contribution in [1.29, 1.82) is 0 Å². The van der Waals surface area contributed by atoms with Crippen LogP contribution in [0.15, 0.2) is 18.2 Å². The maximum absolute atomic E-state index is 12.6. The Labute approximate surface area is 112 Å². The Morgan fingerprint density at radius 2 is 2.21 bits per heavy atom. The minimum atomic E-state index is 0.0238. The number of hydrogen-bond donors (Lipinski definition) is 1. The van der Waals surface area contributed by atoms with E-state index in [1.807, 2.05) is 23.1 Å². The Morgan fingerprint density at radius 1 is 1.37 bits per heavy atom. The SMILES string of the molecule is CC1CN(C(=O)c2cccc3c2OCCO3)CCN1. The van der Waals surface area contributed by atoms with E-state index in [0.29, 0.717) is 36.3 Å². The van der Waals surface area contributed by atoms with Crippen molar-refractivity contribution >= 4 is 5.91 Å². The minimum absolute atomic E-state index is 0.0238. The van der Waals surface area contributed by atoms with Crippen molar-refractivity contribution in [2.24, 2.45) is 0 Å². The van der Waals surface area contributed by atoms with Crippen LogP contribution in [-0.4, -0.2) is 49.7 Å². The van der Waals surface area contributed by atoms with Crippen molar-refractivity contribution < 1.29 is 14.3 Å². The highest BCUT2D eigenvalue weighted by molar-refractivity contribution is 5.98. The largest absolute Gasteiger partial charge is 0.486 e. The van der Waals surface area contributed by atoms with Gasteiger partial charge in [-0.15, -0.1) is 0 Å². The smallest absolute Gasteiger partial charge is 0.257 e. The Kier molecular flexibility index (Phi) is 3.29. The number of ether oxygens (including phenoxy) is 2. The summed E-state index contributed by atoms with van der Waals surface area (Å²) in [5.74, 6) is 1.28. The molecule has 0 spiro atoms. The normalized spacial score (nSPS) is 22.2. The van der Waals surface area contributed by atoms with Gasteiger partial charge in [0.05, 0.1) is 5.56 Å². The highest BCUT2D eigenvalue weighted by Gasteiger charge is 2.26. The third kappa shape index (κ3) is 2.38. The average Bonchev–Trinajstić information content (AvgIpc) is 2.46. The van der Waals surface area contributed by atoms with Crippen LogP contribution >= 0.6 is 0 Å². The van der Waals surface area contributed by atoms with Crippen molar-refractivity contribution in [2.75, 3.05) is 32.8 Å². The van der Waals surface area contributed by atoms with E-state index in [2.05, 4.69) is 12.2 Å². The first-order valence-corrected chi connectivity index (χ1v) is 6.67. The monoisotopic (exact) mass is 262 g/mol. The molecule has 102 valence electrons. The molecule has 19 heavy (non-hydrogen) atoms. The maximum atomic E-state index is 12.6. The number of carbonyl (C=O) groups is 1. The summed E-state index contributed by atoms with van der Waals surface area (Å²) in [7, 11) is 0. The van der Waals surface area contributed by atoms with Crippen LogP contribution in [0.3, 0.4) is 0 Å². The molecule has 0 radical (unpaired) electrons. The van der Waals surface area contributed by atoms with Crippen LogP contribution in [0, 0.1) is 0 Å². The van der Waals surface area contributed by atoms with Crippen LogP contribution in [0.25, 0.3) is 0 Å². The molecule has 0 aromatic heterocycles. The molecule has 0 aliphatic carbocycles. The highest BCUT2D eigenvalue weighted by atomic mass is 16.6. The number of para-hydroxylation sites is 1. The Hall–Kier alpha value is -1.75. The molecule has 3 rings (SSSR count). The maximum Gasteiger partial charge on any atom is 0.257 e. The molecule has 1 fully saturated rings. The molecule has 2 aliphatic heterocycles. The van der Waals surface area contributed by atoms with E-state index in [9.17, 15) is 4.79 Å². The molecule has 1 aromatic rings. The Morgan fingerprint density at radius 3 is 3.05 bits per heavy atom. The number of nitrogens with zero attached hydrogens (tertiary/aromatic N) is 1.